The van der Waals surface area contributed by atoms with Gasteiger partial charge in [-0.25, -0.2) is 0 Å². The molecule has 3 heteroatoms. The molecule has 2 nitrogen and oxygen atoms in total. The molecule has 0 aromatic heterocycles. The lowest BCUT2D eigenvalue weighted by Crippen LogP contribution is -2.29. The van der Waals surface area contributed by atoms with Crippen molar-refractivity contribution in [1.82, 2.24) is 5.32 Å². The summed E-state index contributed by atoms with van der Waals surface area (Å²) in [6.07, 6.45) is 1.41. The highest BCUT2D eigenvalue weighted by Gasteiger charge is 2.01. The Kier molecular flexibility index (Phi) is 4.58. The molecule has 0 spiro atoms. The van der Waals surface area contributed by atoms with E-state index in [1.807, 2.05) is 13.8 Å². The highest BCUT2D eigenvalue weighted by molar-refractivity contribution is 7.80. The summed E-state index contributed by atoms with van der Waals surface area (Å²) in [6, 6.07) is 0. The third-order valence-electron chi connectivity index (χ3n) is 1.04. The van der Waals surface area contributed by atoms with E-state index in [9.17, 15) is 4.79 Å². The molecular formula is C6H13NOS. The summed E-state index contributed by atoms with van der Waals surface area (Å²) in [6.45, 7) is 3.80. The van der Waals surface area contributed by atoms with Crippen molar-refractivity contribution in [3.63, 3.8) is 0 Å². The molecule has 0 bridgehead atoms. The summed E-state index contributed by atoms with van der Waals surface area (Å²) in [5, 5.41) is 2.73. The Morgan fingerprint density at radius 3 is 2.56 bits per heavy atom. The van der Waals surface area contributed by atoms with Gasteiger partial charge in [-0.1, -0.05) is 13.8 Å². The van der Waals surface area contributed by atoms with Crippen LogP contribution in [0.3, 0.4) is 0 Å². The second-order valence-electron chi connectivity index (χ2n) is 1.85. The number of hydrogen-bond acceptors (Lipinski definition) is 2. The normalized spacial score (nSPS) is 12.8. The molecule has 0 aromatic carbocycles. The van der Waals surface area contributed by atoms with Gasteiger partial charge >= 0.3 is 0 Å². The van der Waals surface area contributed by atoms with Crippen LogP contribution in [0.25, 0.3) is 0 Å². The summed E-state index contributed by atoms with van der Waals surface area (Å²) in [5.41, 5.74) is 0. The number of hydrogen-bond donors (Lipinski definition) is 2. The number of carbonyl (C=O) groups excluding carboxylic acids is 1. The molecule has 54 valence electrons. The first kappa shape index (κ1) is 8.82. The van der Waals surface area contributed by atoms with Crippen molar-refractivity contribution >= 4 is 18.5 Å². The molecule has 0 saturated carbocycles. The highest BCUT2D eigenvalue weighted by atomic mass is 32.1. The van der Waals surface area contributed by atoms with E-state index < -0.39 is 0 Å². The Balaban J connectivity index is 3.34. The van der Waals surface area contributed by atoms with Gasteiger partial charge in [0.25, 0.3) is 0 Å². The molecule has 1 unspecified atom stereocenters. The first-order valence-electron chi connectivity index (χ1n) is 3.18. The van der Waals surface area contributed by atoms with Gasteiger partial charge in [0.15, 0.2) is 0 Å². The Hall–Kier alpha value is -0.180. The maximum Gasteiger partial charge on any atom is 0.220 e. The van der Waals surface area contributed by atoms with Crippen LogP contribution in [0.5, 0.6) is 0 Å². The predicted molar refractivity (Wildman–Crippen MR) is 41.5 cm³/mol. The van der Waals surface area contributed by atoms with Crippen LogP contribution in [0.2, 0.25) is 0 Å². The fourth-order valence-electron chi connectivity index (χ4n) is 0.390. The van der Waals surface area contributed by atoms with Crippen LogP contribution in [0.1, 0.15) is 26.7 Å². The van der Waals surface area contributed by atoms with Gasteiger partial charge in [0.1, 0.15) is 0 Å². The van der Waals surface area contributed by atoms with Gasteiger partial charge in [-0.05, 0) is 6.42 Å². The standard InChI is InChI=1S/C6H13NOS/c1-3-5(8)7-6(9)4-2/h6,9H,3-4H2,1-2H3,(H,7,8). The maximum atomic E-state index is 10.6. The van der Waals surface area contributed by atoms with Crippen molar-refractivity contribution in [2.24, 2.45) is 0 Å². The highest BCUT2D eigenvalue weighted by Crippen LogP contribution is 1.94. The zero-order chi connectivity index (χ0) is 7.28. The van der Waals surface area contributed by atoms with Gasteiger partial charge in [0.05, 0.1) is 5.37 Å². The minimum atomic E-state index is 0.0254. The first-order valence-corrected chi connectivity index (χ1v) is 3.69. The van der Waals surface area contributed by atoms with Gasteiger partial charge < -0.3 is 5.32 Å². The van der Waals surface area contributed by atoms with Crippen LogP contribution in [-0.2, 0) is 4.79 Å². The second-order valence-corrected chi connectivity index (χ2v) is 2.47. The summed E-state index contributed by atoms with van der Waals surface area (Å²) >= 11 is 4.09. The van der Waals surface area contributed by atoms with E-state index in [-0.39, 0.29) is 11.3 Å². The van der Waals surface area contributed by atoms with Gasteiger partial charge in [0.2, 0.25) is 5.91 Å². The monoisotopic (exact) mass is 147 g/mol. The molecule has 0 radical (unpaired) electrons. The molecule has 9 heavy (non-hydrogen) atoms. The number of carbonyl (C=O) groups is 1. The van der Waals surface area contributed by atoms with Crippen molar-refractivity contribution in [2.75, 3.05) is 0 Å². The molecule has 0 aliphatic heterocycles. The van der Waals surface area contributed by atoms with E-state index in [2.05, 4.69) is 17.9 Å². The summed E-state index contributed by atoms with van der Waals surface area (Å²) < 4.78 is 0. The van der Waals surface area contributed by atoms with E-state index in [1.165, 1.54) is 0 Å². The molecule has 0 aliphatic carbocycles. The summed E-state index contributed by atoms with van der Waals surface area (Å²) in [5.74, 6) is 0.0665. The van der Waals surface area contributed by atoms with Gasteiger partial charge in [-0.15, -0.1) is 0 Å². The average Bonchev–Trinajstić information content (AvgIpc) is 1.87. The van der Waals surface area contributed by atoms with Crippen molar-refractivity contribution in [3.8, 4) is 0 Å². The topological polar surface area (TPSA) is 29.1 Å². The Morgan fingerprint density at radius 2 is 2.22 bits per heavy atom. The minimum absolute atomic E-state index is 0.0254. The lowest BCUT2D eigenvalue weighted by Gasteiger charge is -2.08. The Morgan fingerprint density at radius 1 is 1.67 bits per heavy atom. The Bertz CT molecular complexity index is 95.1. The second kappa shape index (κ2) is 4.68. The molecule has 0 rings (SSSR count). The fraction of sp³-hybridized carbons (Fsp3) is 0.833. The van der Waals surface area contributed by atoms with E-state index in [1.54, 1.807) is 0 Å². The van der Waals surface area contributed by atoms with Crippen molar-refractivity contribution in [2.45, 2.75) is 32.1 Å². The lowest BCUT2D eigenvalue weighted by atomic mass is 10.4. The van der Waals surface area contributed by atoms with Crippen LogP contribution in [-0.4, -0.2) is 11.3 Å². The van der Waals surface area contributed by atoms with Crippen LogP contribution >= 0.6 is 12.6 Å². The Labute approximate surface area is 61.4 Å². The van der Waals surface area contributed by atoms with Gasteiger partial charge in [-0.2, -0.15) is 12.6 Å². The van der Waals surface area contributed by atoms with Crippen molar-refractivity contribution < 1.29 is 4.79 Å². The van der Waals surface area contributed by atoms with Gasteiger partial charge in [-0.3, -0.25) is 4.79 Å². The van der Waals surface area contributed by atoms with Crippen LogP contribution in [0.15, 0.2) is 0 Å². The van der Waals surface area contributed by atoms with Crippen LogP contribution in [0, 0.1) is 0 Å². The number of thiol groups is 1. The number of amides is 1. The number of rotatable bonds is 3. The fourth-order valence-corrected chi connectivity index (χ4v) is 0.534. The predicted octanol–water partition coefficient (Wildman–Crippen LogP) is 1.18. The lowest BCUT2D eigenvalue weighted by molar-refractivity contribution is -0.120. The van der Waals surface area contributed by atoms with E-state index >= 15 is 0 Å². The molecule has 1 N–H and O–H groups in total. The van der Waals surface area contributed by atoms with E-state index in [0.29, 0.717) is 6.42 Å². The quantitative estimate of drug-likeness (QED) is 0.455. The maximum absolute atomic E-state index is 10.6. The average molecular weight is 147 g/mol. The SMILES string of the molecule is CCC(=O)NC(S)CC. The summed E-state index contributed by atoms with van der Waals surface area (Å²) in [7, 11) is 0. The first-order chi connectivity index (χ1) is 4.20. The van der Waals surface area contributed by atoms with Crippen molar-refractivity contribution in [3.05, 3.63) is 0 Å². The van der Waals surface area contributed by atoms with Crippen LogP contribution in [0.4, 0.5) is 0 Å². The van der Waals surface area contributed by atoms with Crippen molar-refractivity contribution in [1.29, 1.82) is 0 Å². The minimum Gasteiger partial charge on any atom is -0.345 e. The molecule has 1 atom stereocenters. The molecular weight excluding hydrogens is 134 g/mol. The van der Waals surface area contributed by atoms with E-state index in [4.69, 9.17) is 0 Å². The zero-order valence-corrected chi connectivity index (χ0v) is 6.74. The van der Waals surface area contributed by atoms with E-state index in [0.717, 1.165) is 6.42 Å². The molecule has 0 aromatic rings. The molecule has 0 fully saturated rings. The molecule has 0 heterocycles. The third-order valence-corrected chi connectivity index (χ3v) is 1.53. The summed E-state index contributed by atoms with van der Waals surface area (Å²) in [4.78, 5) is 10.6. The number of nitrogens with one attached hydrogen (secondary N) is 1. The largest absolute Gasteiger partial charge is 0.345 e. The zero-order valence-electron chi connectivity index (χ0n) is 5.85. The molecule has 1 amide bonds. The van der Waals surface area contributed by atoms with Crippen LogP contribution < -0.4 is 5.32 Å². The third kappa shape index (κ3) is 4.33. The van der Waals surface area contributed by atoms with Gasteiger partial charge in [0, 0.05) is 6.42 Å². The molecule has 0 saturated heterocycles. The molecule has 0 aliphatic rings. The smallest absolute Gasteiger partial charge is 0.220 e.